The Balaban J connectivity index is 1.61. The third kappa shape index (κ3) is 4.13. The van der Waals surface area contributed by atoms with Gasteiger partial charge in [0.25, 0.3) is 0 Å². The number of rotatable bonds is 4. The first kappa shape index (κ1) is 16.9. The molecule has 24 heavy (non-hydrogen) atoms. The molecule has 0 bridgehead atoms. The van der Waals surface area contributed by atoms with E-state index in [1.165, 1.54) is 10.4 Å². The monoisotopic (exact) mass is 344 g/mol. The van der Waals surface area contributed by atoms with E-state index in [0.717, 1.165) is 31.1 Å². The highest BCUT2D eigenvalue weighted by atomic mass is 32.1. The molecule has 0 unspecified atom stereocenters. The van der Waals surface area contributed by atoms with Crippen LogP contribution in [0, 0.1) is 6.92 Å². The average Bonchev–Trinajstić information content (AvgIpc) is 3.01. The molecular formula is C18H24N4OS. The molecule has 1 aliphatic rings. The molecule has 1 aromatic heterocycles. The van der Waals surface area contributed by atoms with Crippen molar-refractivity contribution in [2.45, 2.75) is 19.4 Å². The number of carbonyl (C=O) groups is 1. The number of aryl methyl sites for hydroxylation is 1. The Bertz CT molecular complexity index is 673. The highest BCUT2D eigenvalue weighted by Crippen LogP contribution is 2.24. The van der Waals surface area contributed by atoms with Gasteiger partial charge < -0.3 is 15.1 Å². The fourth-order valence-corrected chi connectivity index (χ4v) is 3.80. The van der Waals surface area contributed by atoms with Crippen molar-refractivity contribution in [3.8, 4) is 0 Å². The van der Waals surface area contributed by atoms with E-state index in [-0.39, 0.29) is 12.1 Å². The molecule has 1 fully saturated rings. The average molecular weight is 344 g/mol. The standard InChI is InChI=1S/C18H24N4OS/c1-14-12-20-17(24-14)8-9-19-18(23)22-11-10-21(2)13-16(22)15-6-4-3-5-7-15/h3-7,12,16H,8-11,13H2,1-2H3,(H,19,23)/t16-/m1/s1. The van der Waals surface area contributed by atoms with Crippen LogP contribution in [0.5, 0.6) is 0 Å². The van der Waals surface area contributed by atoms with Crippen LogP contribution in [-0.4, -0.2) is 54.0 Å². The molecule has 1 atom stereocenters. The minimum absolute atomic E-state index is 0.0187. The highest BCUT2D eigenvalue weighted by Gasteiger charge is 2.29. The highest BCUT2D eigenvalue weighted by molar-refractivity contribution is 7.11. The molecule has 3 rings (SSSR count). The summed E-state index contributed by atoms with van der Waals surface area (Å²) in [6.45, 7) is 5.19. The Kier molecular flexibility index (Phi) is 5.48. The molecule has 1 saturated heterocycles. The van der Waals surface area contributed by atoms with E-state index in [1.807, 2.05) is 29.3 Å². The van der Waals surface area contributed by atoms with Gasteiger partial charge in [-0.25, -0.2) is 9.78 Å². The maximum atomic E-state index is 12.7. The van der Waals surface area contributed by atoms with E-state index in [2.05, 4.69) is 41.3 Å². The maximum absolute atomic E-state index is 12.7. The number of urea groups is 1. The van der Waals surface area contributed by atoms with Gasteiger partial charge in [-0.3, -0.25) is 0 Å². The van der Waals surface area contributed by atoms with Crippen molar-refractivity contribution in [3.05, 3.63) is 52.0 Å². The SMILES string of the molecule is Cc1cnc(CCNC(=O)N2CCN(C)C[C@@H]2c2ccccc2)s1. The molecule has 1 aliphatic heterocycles. The molecule has 0 radical (unpaired) electrons. The summed E-state index contributed by atoms with van der Waals surface area (Å²) in [5.41, 5.74) is 1.19. The number of hydrogen-bond acceptors (Lipinski definition) is 4. The third-order valence-electron chi connectivity index (χ3n) is 4.31. The zero-order chi connectivity index (χ0) is 16.9. The van der Waals surface area contributed by atoms with Crippen LogP contribution in [-0.2, 0) is 6.42 Å². The number of thiazole rings is 1. The van der Waals surface area contributed by atoms with Crippen LogP contribution >= 0.6 is 11.3 Å². The lowest BCUT2D eigenvalue weighted by molar-refractivity contribution is 0.109. The number of nitrogens with zero attached hydrogens (tertiary/aromatic N) is 3. The fourth-order valence-electron chi connectivity index (χ4n) is 3.02. The van der Waals surface area contributed by atoms with Gasteiger partial charge in [-0.1, -0.05) is 30.3 Å². The van der Waals surface area contributed by atoms with Crippen molar-refractivity contribution in [1.29, 1.82) is 0 Å². The maximum Gasteiger partial charge on any atom is 0.318 e. The van der Waals surface area contributed by atoms with Crippen molar-refractivity contribution < 1.29 is 4.79 Å². The second-order valence-electron chi connectivity index (χ2n) is 6.23. The Labute approximate surface area is 147 Å². The number of nitrogens with one attached hydrogen (secondary N) is 1. The molecule has 1 aromatic carbocycles. The summed E-state index contributed by atoms with van der Waals surface area (Å²) in [5, 5.41) is 4.13. The summed E-state index contributed by atoms with van der Waals surface area (Å²) in [7, 11) is 2.11. The van der Waals surface area contributed by atoms with Gasteiger partial charge in [-0.05, 0) is 19.5 Å². The van der Waals surface area contributed by atoms with Crippen molar-refractivity contribution >= 4 is 17.4 Å². The fraction of sp³-hybridized carbons (Fsp3) is 0.444. The smallest absolute Gasteiger partial charge is 0.318 e. The van der Waals surface area contributed by atoms with E-state index in [0.29, 0.717) is 6.54 Å². The summed E-state index contributed by atoms with van der Waals surface area (Å²) in [5.74, 6) is 0. The third-order valence-corrected chi connectivity index (χ3v) is 5.29. The quantitative estimate of drug-likeness (QED) is 0.928. The minimum atomic E-state index is 0.0187. The van der Waals surface area contributed by atoms with Gasteiger partial charge >= 0.3 is 6.03 Å². The van der Waals surface area contributed by atoms with Gasteiger partial charge in [-0.15, -0.1) is 11.3 Å². The largest absolute Gasteiger partial charge is 0.338 e. The van der Waals surface area contributed by atoms with Crippen molar-refractivity contribution in [3.63, 3.8) is 0 Å². The molecule has 6 heteroatoms. The summed E-state index contributed by atoms with van der Waals surface area (Å²) < 4.78 is 0. The van der Waals surface area contributed by atoms with Crippen LogP contribution in [0.2, 0.25) is 0 Å². The first-order valence-electron chi connectivity index (χ1n) is 8.33. The van der Waals surface area contributed by atoms with Crippen LogP contribution in [0.25, 0.3) is 0 Å². The van der Waals surface area contributed by atoms with Crippen molar-refractivity contribution in [2.75, 3.05) is 33.2 Å². The first-order chi connectivity index (χ1) is 11.6. The van der Waals surface area contributed by atoms with E-state index in [9.17, 15) is 4.79 Å². The zero-order valence-corrected chi connectivity index (χ0v) is 15.1. The zero-order valence-electron chi connectivity index (χ0n) is 14.2. The summed E-state index contributed by atoms with van der Waals surface area (Å²) >= 11 is 1.69. The van der Waals surface area contributed by atoms with Crippen LogP contribution in [0.4, 0.5) is 4.79 Å². The number of hydrogen-bond donors (Lipinski definition) is 1. The van der Waals surface area contributed by atoms with E-state index in [4.69, 9.17) is 0 Å². The number of amides is 2. The molecule has 2 amide bonds. The lowest BCUT2D eigenvalue weighted by Gasteiger charge is -2.40. The number of aromatic nitrogens is 1. The molecular weight excluding hydrogens is 320 g/mol. The molecule has 5 nitrogen and oxygen atoms in total. The van der Waals surface area contributed by atoms with E-state index < -0.39 is 0 Å². The van der Waals surface area contributed by atoms with Crippen molar-refractivity contribution in [1.82, 2.24) is 20.1 Å². The molecule has 128 valence electrons. The lowest BCUT2D eigenvalue weighted by Crippen LogP contribution is -2.52. The minimum Gasteiger partial charge on any atom is -0.338 e. The number of likely N-dealkylation sites (N-methyl/N-ethyl adjacent to an activating group) is 1. The molecule has 2 aromatic rings. The predicted octanol–water partition coefficient (Wildman–Crippen LogP) is 2.69. The van der Waals surface area contributed by atoms with E-state index >= 15 is 0 Å². The molecule has 0 aliphatic carbocycles. The lowest BCUT2D eigenvalue weighted by atomic mass is 10.0. The summed E-state index contributed by atoms with van der Waals surface area (Å²) in [6.07, 6.45) is 2.67. The second-order valence-corrected chi connectivity index (χ2v) is 7.55. The van der Waals surface area contributed by atoms with Gasteiger partial charge in [-0.2, -0.15) is 0 Å². The Hall–Kier alpha value is -1.92. The Morgan fingerprint density at radius 1 is 1.33 bits per heavy atom. The van der Waals surface area contributed by atoms with Gasteiger partial charge in [0.1, 0.15) is 0 Å². The Morgan fingerprint density at radius 3 is 2.83 bits per heavy atom. The molecule has 0 saturated carbocycles. The molecule has 1 N–H and O–H groups in total. The molecule has 0 spiro atoms. The van der Waals surface area contributed by atoms with Gasteiger partial charge in [0, 0.05) is 43.7 Å². The number of carbonyl (C=O) groups excluding carboxylic acids is 1. The van der Waals surface area contributed by atoms with Crippen LogP contribution in [0.15, 0.2) is 36.5 Å². The summed E-state index contributed by atoms with van der Waals surface area (Å²) in [6, 6.07) is 10.4. The first-order valence-corrected chi connectivity index (χ1v) is 9.14. The van der Waals surface area contributed by atoms with Crippen LogP contribution in [0.1, 0.15) is 21.5 Å². The van der Waals surface area contributed by atoms with Gasteiger partial charge in [0.2, 0.25) is 0 Å². The van der Waals surface area contributed by atoms with Gasteiger partial charge in [0.15, 0.2) is 0 Å². The normalized spacial score (nSPS) is 18.6. The van der Waals surface area contributed by atoms with Crippen LogP contribution in [0.3, 0.4) is 0 Å². The Morgan fingerprint density at radius 2 is 2.12 bits per heavy atom. The van der Waals surface area contributed by atoms with Crippen LogP contribution < -0.4 is 5.32 Å². The molecule has 2 heterocycles. The van der Waals surface area contributed by atoms with Crippen molar-refractivity contribution in [2.24, 2.45) is 0 Å². The van der Waals surface area contributed by atoms with E-state index in [1.54, 1.807) is 11.3 Å². The topological polar surface area (TPSA) is 48.5 Å². The number of benzene rings is 1. The number of piperazine rings is 1. The van der Waals surface area contributed by atoms with Gasteiger partial charge in [0.05, 0.1) is 11.0 Å². The predicted molar refractivity (Wildman–Crippen MR) is 97.3 cm³/mol. The summed E-state index contributed by atoms with van der Waals surface area (Å²) in [4.78, 5) is 22.5. The second kappa shape index (κ2) is 7.77.